The van der Waals surface area contributed by atoms with Gasteiger partial charge >= 0.3 is 0 Å². The molecule has 1 aliphatic heterocycles. The van der Waals surface area contributed by atoms with Crippen LogP contribution in [0, 0.1) is 6.92 Å². The van der Waals surface area contributed by atoms with Crippen molar-refractivity contribution >= 4 is 21.6 Å². The molecule has 6 heteroatoms. The van der Waals surface area contributed by atoms with Gasteiger partial charge < -0.3 is 4.90 Å². The van der Waals surface area contributed by atoms with Crippen molar-refractivity contribution in [3.05, 3.63) is 59.7 Å². The monoisotopic (exact) mass is 358 g/mol. The van der Waals surface area contributed by atoms with Gasteiger partial charge in [0.2, 0.25) is 10.0 Å². The summed E-state index contributed by atoms with van der Waals surface area (Å²) in [4.78, 5) is 14.5. The van der Waals surface area contributed by atoms with Crippen LogP contribution in [0.5, 0.6) is 0 Å². The Labute approximate surface area is 148 Å². The molecule has 0 saturated carbocycles. The second kappa shape index (κ2) is 6.98. The largest absolute Gasteiger partial charge is 0.311 e. The molecule has 2 aromatic carbocycles. The summed E-state index contributed by atoms with van der Waals surface area (Å²) < 4.78 is 27.2. The Bertz CT molecular complexity index is 873. The summed E-state index contributed by atoms with van der Waals surface area (Å²) in [6.45, 7) is 2.85. The molecular formula is C19H22N2O3S. The molecule has 0 spiro atoms. The fourth-order valence-electron chi connectivity index (χ4n) is 3.04. The van der Waals surface area contributed by atoms with E-state index in [-0.39, 0.29) is 10.8 Å². The van der Waals surface area contributed by atoms with E-state index in [0.29, 0.717) is 24.2 Å². The lowest BCUT2D eigenvalue weighted by Gasteiger charge is -2.20. The van der Waals surface area contributed by atoms with Crippen molar-refractivity contribution in [2.75, 3.05) is 25.0 Å². The summed E-state index contributed by atoms with van der Waals surface area (Å²) in [5.74, 6) is -0.232. The summed E-state index contributed by atoms with van der Waals surface area (Å²) in [5, 5.41) is 0. The molecule has 1 saturated heterocycles. The zero-order chi connectivity index (χ0) is 18.0. The lowest BCUT2D eigenvalue weighted by Crippen LogP contribution is -2.30. The average Bonchev–Trinajstić information content (AvgIpc) is 3.17. The number of benzene rings is 2. The minimum atomic E-state index is -3.55. The highest BCUT2D eigenvalue weighted by atomic mass is 32.2. The van der Waals surface area contributed by atoms with Gasteiger partial charge in [-0.2, -0.15) is 4.31 Å². The minimum Gasteiger partial charge on any atom is -0.311 e. The maximum absolute atomic E-state index is 12.9. The van der Waals surface area contributed by atoms with Gasteiger partial charge in [0.1, 0.15) is 0 Å². The third kappa shape index (κ3) is 3.45. The molecule has 0 radical (unpaired) electrons. The first-order valence-electron chi connectivity index (χ1n) is 8.35. The number of anilines is 1. The molecule has 132 valence electrons. The lowest BCUT2D eigenvalue weighted by atomic mass is 10.1. The smallest absolute Gasteiger partial charge is 0.258 e. The highest BCUT2D eigenvalue weighted by Crippen LogP contribution is 2.25. The minimum absolute atomic E-state index is 0.224. The number of hydrogen-bond acceptors (Lipinski definition) is 3. The number of aryl methyl sites for hydroxylation is 1. The fourth-order valence-corrected chi connectivity index (χ4v) is 4.81. The molecule has 0 aliphatic carbocycles. The van der Waals surface area contributed by atoms with Crippen LogP contribution in [0.15, 0.2) is 53.4 Å². The van der Waals surface area contributed by atoms with E-state index in [1.807, 2.05) is 30.3 Å². The quantitative estimate of drug-likeness (QED) is 0.844. The normalized spacial score (nSPS) is 15.3. The predicted octanol–water partition coefficient (Wildman–Crippen LogP) is 3.06. The average molecular weight is 358 g/mol. The number of para-hydroxylation sites is 1. The fraction of sp³-hybridized carbons (Fsp3) is 0.316. The van der Waals surface area contributed by atoms with Gasteiger partial charge in [0.05, 0.1) is 4.90 Å². The molecule has 25 heavy (non-hydrogen) atoms. The van der Waals surface area contributed by atoms with Crippen LogP contribution in [-0.4, -0.2) is 38.8 Å². The van der Waals surface area contributed by atoms with Gasteiger partial charge in [0, 0.05) is 31.4 Å². The molecular weight excluding hydrogens is 336 g/mol. The number of hydrogen-bond donors (Lipinski definition) is 0. The summed E-state index contributed by atoms with van der Waals surface area (Å²) in [6.07, 6.45) is 1.77. The molecule has 0 aromatic heterocycles. The molecule has 0 atom stereocenters. The predicted molar refractivity (Wildman–Crippen MR) is 98.3 cm³/mol. The number of sulfonamides is 1. The van der Waals surface area contributed by atoms with Crippen LogP contribution >= 0.6 is 0 Å². The standard InChI is InChI=1S/C19H22N2O3S/c1-15-10-11-16(19(22)20(2)17-8-4-3-5-9-17)14-18(15)25(23,24)21-12-6-7-13-21/h3-5,8-11,14H,6-7,12-13H2,1-2H3. The van der Waals surface area contributed by atoms with Gasteiger partial charge in [0.25, 0.3) is 5.91 Å². The maximum atomic E-state index is 12.9. The molecule has 0 N–H and O–H groups in total. The highest BCUT2D eigenvalue weighted by molar-refractivity contribution is 7.89. The first-order chi connectivity index (χ1) is 11.9. The zero-order valence-electron chi connectivity index (χ0n) is 14.5. The van der Waals surface area contributed by atoms with Gasteiger partial charge in [0.15, 0.2) is 0 Å². The van der Waals surface area contributed by atoms with E-state index in [1.165, 1.54) is 15.3 Å². The van der Waals surface area contributed by atoms with Gasteiger partial charge in [-0.3, -0.25) is 4.79 Å². The summed E-state index contributed by atoms with van der Waals surface area (Å²) in [6, 6.07) is 14.2. The molecule has 0 bridgehead atoms. The van der Waals surface area contributed by atoms with E-state index in [0.717, 1.165) is 18.5 Å². The van der Waals surface area contributed by atoms with Crippen LogP contribution in [0.4, 0.5) is 5.69 Å². The Balaban J connectivity index is 1.95. The van der Waals surface area contributed by atoms with Crippen molar-refractivity contribution in [1.29, 1.82) is 0 Å². The topological polar surface area (TPSA) is 57.7 Å². The van der Waals surface area contributed by atoms with E-state index in [1.54, 1.807) is 26.1 Å². The molecule has 1 aliphatic rings. The molecule has 0 unspecified atom stereocenters. The Morgan fingerprint density at radius 3 is 2.32 bits per heavy atom. The van der Waals surface area contributed by atoms with E-state index >= 15 is 0 Å². The molecule has 1 fully saturated rings. The third-order valence-electron chi connectivity index (χ3n) is 4.57. The Hall–Kier alpha value is -2.18. The first-order valence-corrected chi connectivity index (χ1v) is 9.79. The molecule has 1 amide bonds. The van der Waals surface area contributed by atoms with Gasteiger partial charge in [-0.05, 0) is 49.6 Å². The Morgan fingerprint density at radius 2 is 1.68 bits per heavy atom. The van der Waals surface area contributed by atoms with Crippen LogP contribution in [0.25, 0.3) is 0 Å². The van der Waals surface area contributed by atoms with Crippen LogP contribution in [-0.2, 0) is 10.0 Å². The molecule has 5 nitrogen and oxygen atoms in total. The third-order valence-corrected chi connectivity index (χ3v) is 6.61. The van der Waals surface area contributed by atoms with Gasteiger partial charge in [-0.25, -0.2) is 8.42 Å². The van der Waals surface area contributed by atoms with Crippen LogP contribution in [0.2, 0.25) is 0 Å². The number of carbonyl (C=O) groups is 1. The number of rotatable bonds is 4. The highest BCUT2D eigenvalue weighted by Gasteiger charge is 2.29. The van der Waals surface area contributed by atoms with Crippen molar-refractivity contribution < 1.29 is 13.2 Å². The van der Waals surface area contributed by atoms with E-state index in [4.69, 9.17) is 0 Å². The van der Waals surface area contributed by atoms with Crippen molar-refractivity contribution in [3.63, 3.8) is 0 Å². The van der Waals surface area contributed by atoms with Crippen LogP contribution in [0.3, 0.4) is 0 Å². The zero-order valence-corrected chi connectivity index (χ0v) is 15.3. The van der Waals surface area contributed by atoms with Crippen molar-refractivity contribution in [1.82, 2.24) is 4.31 Å². The summed E-state index contributed by atoms with van der Waals surface area (Å²) in [5.41, 5.74) is 1.79. The van der Waals surface area contributed by atoms with Crippen LogP contribution < -0.4 is 4.90 Å². The Kier molecular flexibility index (Phi) is 4.92. The molecule has 2 aromatic rings. The van der Waals surface area contributed by atoms with Crippen molar-refractivity contribution in [3.8, 4) is 0 Å². The summed E-state index contributed by atoms with van der Waals surface area (Å²) in [7, 11) is -1.87. The van der Waals surface area contributed by atoms with Crippen molar-refractivity contribution in [2.24, 2.45) is 0 Å². The lowest BCUT2D eigenvalue weighted by molar-refractivity contribution is 0.0993. The SMILES string of the molecule is Cc1ccc(C(=O)N(C)c2ccccc2)cc1S(=O)(=O)N1CCCC1. The Morgan fingerprint density at radius 1 is 1.04 bits per heavy atom. The second-order valence-corrected chi connectivity index (χ2v) is 8.20. The van der Waals surface area contributed by atoms with Gasteiger partial charge in [-0.15, -0.1) is 0 Å². The van der Waals surface area contributed by atoms with Crippen molar-refractivity contribution in [2.45, 2.75) is 24.7 Å². The summed E-state index contributed by atoms with van der Waals surface area (Å²) >= 11 is 0. The molecule has 1 heterocycles. The number of carbonyl (C=O) groups excluding carboxylic acids is 1. The van der Waals surface area contributed by atoms with Gasteiger partial charge in [-0.1, -0.05) is 24.3 Å². The van der Waals surface area contributed by atoms with E-state index in [9.17, 15) is 13.2 Å². The number of nitrogens with zero attached hydrogens (tertiary/aromatic N) is 2. The first kappa shape index (κ1) is 17.6. The van der Waals surface area contributed by atoms with E-state index < -0.39 is 10.0 Å². The van der Waals surface area contributed by atoms with E-state index in [2.05, 4.69) is 0 Å². The van der Waals surface area contributed by atoms with Crippen LogP contribution in [0.1, 0.15) is 28.8 Å². The molecule has 3 rings (SSSR count). The number of amides is 1. The maximum Gasteiger partial charge on any atom is 0.258 e. The second-order valence-electron chi connectivity index (χ2n) is 6.29.